The molecule has 6 heteroatoms. The van der Waals surface area contributed by atoms with Gasteiger partial charge in [0.15, 0.2) is 0 Å². The van der Waals surface area contributed by atoms with Crippen molar-refractivity contribution in [2.45, 2.75) is 6.17 Å². The number of carbonyl (C=O) groups is 2. The molecule has 0 fully saturated rings. The Morgan fingerprint density at radius 2 is 2.00 bits per heavy atom. The Morgan fingerprint density at radius 1 is 1.56 bits per heavy atom. The van der Waals surface area contributed by atoms with Crippen molar-refractivity contribution in [1.29, 1.82) is 0 Å². The van der Waals surface area contributed by atoms with Gasteiger partial charge in [-0.1, -0.05) is 0 Å². The van der Waals surface area contributed by atoms with Gasteiger partial charge in [-0.3, -0.25) is 0 Å². The Bertz CT molecular complexity index is 134. The van der Waals surface area contributed by atoms with Gasteiger partial charge in [0.05, 0.1) is 5.97 Å². The molecule has 0 rings (SSSR count). The third-order valence-electron chi connectivity index (χ3n) is 0.552. The predicted octanol–water partition coefficient (Wildman–Crippen LogP) is -3.31. The number of primary amides is 1. The molecule has 0 aromatic rings. The van der Waals surface area contributed by atoms with Crippen LogP contribution in [0.5, 0.6) is 0 Å². The molecule has 6 nitrogen and oxygen atoms in total. The highest BCUT2D eigenvalue weighted by molar-refractivity contribution is 5.79. The molecule has 0 heterocycles. The van der Waals surface area contributed by atoms with Gasteiger partial charge >= 0.3 is 6.03 Å². The third-order valence-corrected chi connectivity index (χ3v) is 0.552. The highest BCUT2D eigenvalue weighted by Crippen LogP contribution is 1.64. The van der Waals surface area contributed by atoms with Gasteiger partial charge in [0, 0.05) is 0 Å². The number of urea groups is 1. The molecule has 1 unspecified atom stereocenters. The van der Waals surface area contributed by atoms with E-state index in [1.165, 1.54) is 0 Å². The molecule has 0 spiro atoms. The molecule has 0 aromatic carbocycles. The van der Waals surface area contributed by atoms with E-state index >= 15 is 0 Å². The molecule has 1 atom stereocenters. The molecule has 0 saturated heterocycles. The normalized spacial score (nSPS) is 12.1. The van der Waals surface area contributed by atoms with Crippen LogP contribution < -0.4 is 21.9 Å². The molecule has 0 radical (unpaired) electrons. The zero-order valence-corrected chi connectivity index (χ0v) is 4.46. The van der Waals surface area contributed by atoms with Crippen molar-refractivity contribution in [3.05, 3.63) is 0 Å². The molecule has 0 aliphatic heterocycles. The Hall–Kier alpha value is -1.30. The number of carboxylic acid groups (broad SMARTS) is 1. The summed E-state index contributed by atoms with van der Waals surface area (Å²) >= 11 is 0. The highest BCUT2D eigenvalue weighted by atomic mass is 16.4. The van der Waals surface area contributed by atoms with Crippen LogP contribution in [0.1, 0.15) is 0 Å². The number of rotatable bonds is 2. The van der Waals surface area contributed by atoms with Gasteiger partial charge in [-0.15, -0.1) is 0 Å². The number of carbonyl (C=O) groups excluding carboxylic acids is 2. The smallest absolute Gasteiger partial charge is 0.313 e. The lowest BCUT2D eigenvalue weighted by Crippen LogP contribution is -2.54. The number of aliphatic carboxylic acids is 1. The van der Waals surface area contributed by atoms with E-state index in [4.69, 9.17) is 5.73 Å². The Kier molecular flexibility index (Phi) is 2.46. The average molecular weight is 132 g/mol. The van der Waals surface area contributed by atoms with Gasteiger partial charge in [-0.2, -0.15) is 0 Å². The fraction of sp³-hybridized carbons (Fsp3) is 0.333. The summed E-state index contributed by atoms with van der Waals surface area (Å²) < 4.78 is 0. The van der Waals surface area contributed by atoms with Crippen molar-refractivity contribution in [3.63, 3.8) is 0 Å². The Morgan fingerprint density at radius 3 is 2.11 bits per heavy atom. The topological polar surface area (TPSA) is 121 Å². The number of hydrogen-bond donors (Lipinski definition) is 3. The maximum Gasteiger partial charge on any atom is 0.313 e. The first-order valence-electron chi connectivity index (χ1n) is 2.06. The van der Waals surface area contributed by atoms with E-state index in [1.54, 1.807) is 5.32 Å². The summed E-state index contributed by atoms with van der Waals surface area (Å²) in [5, 5.41) is 11.4. The number of amides is 2. The first-order chi connectivity index (χ1) is 4.04. The van der Waals surface area contributed by atoms with Crippen LogP contribution in [0.15, 0.2) is 0 Å². The van der Waals surface area contributed by atoms with Crippen LogP contribution in [0, 0.1) is 0 Å². The maximum absolute atomic E-state index is 9.85. The summed E-state index contributed by atoms with van der Waals surface area (Å²) in [5.41, 5.74) is 9.25. The molecule has 0 saturated carbocycles. The first kappa shape index (κ1) is 7.70. The lowest BCUT2D eigenvalue weighted by Gasteiger charge is -2.11. The lowest BCUT2D eigenvalue weighted by molar-refractivity contribution is -0.308. The largest absolute Gasteiger partial charge is 0.546 e. The minimum absolute atomic E-state index is 0.994. The zero-order chi connectivity index (χ0) is 7.44. The summed E-state index contributed by atoms with van der Waals surface area (Å²) in [7, 11) is 0. The summed E-state index contributed by atoms with van der Waals surface area (Å²) in [5.74, 6) is -1.58. The van der Waals surface area contributed by atoms with E-state index in [0.29, 0.717) is 0 Å². The van der Waals surface area contributed by atoms with Crippen molar-refractivity contribution < 1.29 is 14.7 Å². The molecule has 52 valence electrons. The first-order valence-corrected chi connectivity index (χ1v) is 2.06. The number of hydrogen-bond acceptors (Lipinski definition) is 4. The van der Waals surface area contributed by atoms with Gasteiger partial charge in [0.25, 0.3) is 0 Å². The monoisotopic (exact) mass is 132 g/mol. The summed E-state index contributed by atoms with van der Waals surface area (Å²) in [4.78, 5) is 19.6. The van der Waals surface area contributed by atoms with E-state index in [0.717, 1.165) is 0 Å². The fourth-order valence-corrected chi connectivity index (χ4v) is 0.212. The average Bonchev–Trinajstić information content (AvgIpc) is 1.63. The molecule has 0 bridgehead atoms. The number of carboxylic acids is 1. The second kappa shape index (κ2) is 2.88. The van der Waals surface area contributed by atoms with Crippen LogP contribution in [0.4, 0.5) is 4.79 Å². The van der Waals surface area contributed by atoms with E-state index in [-0.39, 0.29) is 0 Å². The van der Waals surface area contributed by atoms with Crippen molar-refractivity contribution in [1.82, 2.24) is 5.32 Å². The molecular weight excluding hydrogens is 126 g/mol. The van der Waals surface area contributed by atoms with Crippen molar-refractivity contribution in [2.75, 3.05) is 0 Å². The molecule has 2 amide bonds. The van der Waals surface area contributed by atoms with Gasteiger partial charge < -0.3 is 26.7 Å². The third kappa shape index (κ3) is 3.30. The molecule has 0 aliphatic rings. The molecular formula is C3H6N3O3-. The lowest BCUT2D eigenvalue weighted by atomic mass is 10.5. The SMILES string of the molecule is NC(=O)NC(N)C(=O)[O-]. The quantitative estimate of drug-likeness (QED) is 0.340. The van der Waals surface area contributed by atoms with E-state index in [2.05, 4.69) is 5.73 Å². The van der Waals surface area contributed by atoms with Gasteiger partial charge in [-0.05, 0) is 0 Å². The predicted molar refractivity (Wildman–Crippen MR) is 25.7 cm³/mol. The van der Waals surface area contributed by atoms with Gasteiger partial charge in [0.1, 0.15) is 6.17 Å². The Labute approximate surface area is 50.8 Å². The summed E-state index contributed by atoms with van der Waals surface area (Å²) in [6, 6.07) is -0.994. The van der Waals surface area contributed by atoms with E-state index in [9.17, 15) is 14.7 Å². The molecule has 5 N–H and O–H groups in total. The van der Waals surface area contributed by atoms with Crippen LogP contribution in [-0.4, -0.2) is 18.2 Å². The molecule has 9 heavy (non-hydrogen) atoms. The van der Waals surface area contributed by atoms with Gasteiger partial charge in [-0.25, -0.2) is 4.79 Å². The highest BCUT2D eigenvalue weighted by Gasteiger charge is 2.02. The van der Waals surface area contributed by atoms with Crippen LogP contribution in [0.2, 0.25) is 0 Å². The van der Waals surface area contributed by atoms with E-state index < -0.39 is 18.2 Å². The standard InChI is InChI=1S/C3H7N3O3/c4-1(2(7)8)6-3(5)9/h1H,4H2,(H,7,8)(H3,5,6,9)/p-1. The van der Waals surface area contributed by atoms with Crippen LogP contribution >= 0.6 is 0 Å². The zero-order valence-electron chi connectivity index (χ0n) is 4.46. The van der Waals surface area contributed by atoms with Crippen molar-refractivity contribution in [3.8, 4) is 0 Å². The van der Waals surface area contributed by atoms with Crippen molar-refractivity contribution >= 4 is 12.0 Å². The van der Waals surface area contributed by atoms with E-state index in [1.807, 2.05) is 0 Å². The minimum atomic E-state index is -1.58. The summed E-state index contributed by atoms with van der Waals surface area (Å²) in [6.07, 6.45) is -1.53. The Balaban J connectivity index is 3.63. The van der Waals surface area contributed by atoms with Crippen LogP contribution in [-0.2, 0) is 4.79 Å². The second-order valence-corrected chi connectivity index (χ2v) is 1.31. The summed E-state index contributed by atoms with van der Waals surface area (Å²) in [6.45, 7) is 0. The maximum atomic E-state index is 9.85. The van der Waals surface area contributed by atoms with Gasteiger partial charge in [0.2, 0.25) is 0 Å². The number of nitrogens with two attached hydrogens (primary N) is 2. The van der Waals surface area contributed by atoms with Crippen LogP contribution in [0.3, 0.4) is 0 Å². The van der Waals surface area contributed by atoms with Crippen molar-refractivity contribution in [2.24, 2.45) is 11.5 Å². The minimum Gasteiger partial charge on any atom is -0.546 e. The molecule has 0 aromatic heterocycles. The second-order valence-electron chi connectivity index (χ2n) is 1.31. The number of nitrogens with one attached hydrogen (secondary N) is 1. The van der Waals surface area contributed by atoms with Crippen LogP contribution in [0.25, 0.3) is 0 Å². The molecule has 0 aliphatic carbocycles. The fourth-order valence-electron chi connectivity index (χ4n) is 0.212.